The summed E-state index contributed by atoms with van der Waals surface area (Å²) < 4.78 is 0. The molecule has 0 amide bonds. The molecular weight excluding hydrogens is 557 g/mol. The average Bonchev–Trinajstić information content (AvgIpc) is 3.57. The Kier molecular flexibility index (Phi) is 14.1. The Balaban J connectivity index is 0.00000154. The standard InChI is InChI=1S/C23H20O4S5.2CH4O/c1-4-7-29-13(3)19-9-15(11-21(26)27)23(32-19)17-6-5-16(30-17)22-14(10-20(24)25)8-18(31-22)12(2)28;2*1-2/h4-9,28H,2-3,10-11H2,1H3,(H,24,25)(H,26,27);2*2H,1H3/b7-4-;;. The molecule has 0 aromatic carbocycles. The first-order chi connectivity index (χ1) is 17.2. The number of aliphatic hydroxyl groups is 2. The van der Waals surface area contributed by atoms with Gasteiger partial charge < -0.3 is 20.4 Å². The van der Waals surface area contributed by atoms with Crippen LogP contribution in [-0.2, 0) is 22.4 Å². The monoisotopic (exact) mass is 584 g/mol. The summed E-state index contributed by atoms with van der Waals surface area (Å²) in [7, 11) is 2.00. The van der Waals surface area contributed by atoms with E-state index in [-0.39, 0.29) is 12.8 Å². The molecule has 3 aromatic rings. The molecular formula is C25H28O6S5. The summed E-state index contributed by atoms with van der Waals surface area (Å²) in [5.41, 5.74) is 1.46. The maximum absolute atomic E-state index is 11.4. The number of carboxylic acid groups (broad SMARTS) is 2. The van der Waals surface area contributed by atoms with Crippen molar-refractivity contribution in [3.63, 3.8) is 0 Å². The molecule has 11 heteroatoms. The number of thioether (sulfide) groups is 1. The van der Waals surface area contributed by atoms with E-state index >= 15 is 0 Å². The molecule has 0 fully saturated rings. The van der Waals surface area contributed by atoms with Crippen LogP contribution in [0.2, 0.25) is 0 Å². The normalized spacial score (nSPS) is 10.3. The molecule has 0 unspecified atom stereocenters. The first-order valence-corrected chi connectivity index (χ1v) is 14.0. The minimum Gasteiger partial charge on any atom is -0.481 e. The predicted octanol–water partition coefficient (Wildman–Crippen LogP) is 6.81. The Morgan fingerprint density at radius 3 is 1.75 bits per heavy atom. The van der Waals surface area contributed by atoms with Crippen molar-refractivity contribution >= 4 is 80.1 Å². The number of allylic oxidation sites excluding steroid dienone is 1. The number of aliphatic carboxylic acids is 2. The van der Waals surface area contributed by atoms with Crippen molar-refractivity contribution in [1.82, 2.24) is 0 Å². The molecule has 3 rings (SSSR count). The highest BCUT2D eigenvalue weighted by Crippen LogP contribution is 2.46. The van der Waals surface area contributed by atoms with Gasteiger partial charge in [0.2, 0.25) is 0 Å². The molecule has 194 valence electrons. The number of thiophene rings is 3. The fraction of sp³-hybridized carbons (Fsp3) is 0.200. The lowest BCUT2D eigenvalue weighted by Gasteiger charge is -1.99. The Morgan fingerprint density at radius 2 is 1.33 bits per heavy atom. The highest BCUT2D eigenvalue weighted by Gasteiger charge is 2.20. The minimum atomic E-state index is -0.902. The molecule has 0 aliphatic carbocycles. The maximum Gasteiger partial charge on any atom is 0.307 e. The molecule has 4 N–H and O–H groups in total. The van der Waals surface area contributed by atoms with Gasteiger partial charge in [0.05, 0.1) is 12.8 Å². The second kappa shape index (κ2) is 15.9. The fourth-order valence-electron chi connectivity index (χ4n) is 2.93. The van der Waals surface area contributed by atoms with Crippen molar-refractivity contribution in [2.75, 3.05) is 14.2 Å². The molecule has 0 radical (unpaired) electrons. The zero-order valence-corrected chi connectivity index (χ0v) is 24.1. The van der Waals surface area contributed by atoms with E-state index in [0.29, 0.717) is 4.91 Å². The van der Waals surface area contributed by atoms with Crippen LogP contribution >= 0.6 is 58.4 Å². The summed E-state index contributed by atoms with van der Waals surface area (Å²) in [6.07, 6.45) is 1.76. The Labute approximate surface area is 232 Å². The number of carboxylic acids is 2. The SMILES string of the molecule is C=C(S)c1cc(CC(=O)O)c(-c2ccc(-c3sc(C(=C)S/C=C\C)cc3CC(=O)O)s2)s1.CO.CO. The summed E-state index contributed by atoms with van der Waals surface area (Å²) in [5.74, 6) is -1.79. The first-order valence-electron chi connectivity index (χ1n) is 10.2. The van der Waals surface area contributed by atoms with Gasteiger partial charge in [0.15, 0.2) is 0 Å². The summed E-state index contributed by atoms with van der Waals surface area (Å²) in [4.78, 5) is 29.7. The number of hydrogen-bond donors (Lipinski definition) is 5. The second-order valence-corrected chi connectivity index (χ2v) is 11.4. The molecule has 0 aliphatic rings. The Hall–Kier alpha value is -2.12. The lowest BCUT2D eigenvalue weighted by atomic mass is 10.1. The van der Waals surface area contributed by atoms with Gasteiger partial charge in [-0.1, -0.05) is 31.0 Å². The highest BCUT2D eigenvalue weighted by atomic mass is 32.2. The summed E-state index contributed by atoms with van der Waals surface area (Å²) in [6, 6.07) is 7.64. The van der Waals surface area contributed by atoms with Crippen LogP contribution in [0.1, 0.15) is 27.8 Å². The quantitative estimate of drug-likeness (QED) is 0.166. The zero-order chi connectivity index (χ0) is 27.4. The van der Waals surface area contributed by atoms with Crippen molar-refractivity contribution < 1.29 is 30.0 Å². The van der Waals surface area contributed by atoms with Gasteiger partial charge in [0, 0.05) is 53.3 Å². The van der Waals surface area contributed by atoms with Crippen molar-refractivity contribution in [3.05, 3.63) is 69.8 Å². The lowest BCUT2D eigenvalue weighted by Crippen LogP contribution is -1.99. The Bertz CT molecular complexity index is 1230. The van der Waals surface area contributed by atoms with Crippen LogP contribution in [0, 0.1) is 0 Å². The van der Waals surface area contributed by atoms with E-state index in [9.17, 15) is 19.8 Å². The van der Waals surface area contributed by atoms with Crippen LogP contribution < -0.4 is 0 Å². The smallest absolute Gasteiger partial charge is 0.307 e. The molecule has 6 nitrogen and oxygen atoms in total. The average molecular weight is 585 g/mol. The van der Waals surface area contributed by atoms with Crippen molar-refractivity contribution in [1.29, 1.82) is 0 Å². The van der Waals surface area contributed by atoms with Gasteiger partial charge in [-0.3, -0.25) is 9.59 Å². The highest BCUT2D eigenvalue weighted by molar-refractivity contribution is 8.11. The number of aliphatic hydroxyl groups excluding tert-OH is 2. The summed E-state index contributed by atoms with van der Waals surface area (Å²) >= 11 is 10.3. The van der Waals surface area contributed by atoms with E-state index in [1.54, 1.807) is 0 Å². The van der Waals surface area contributed by atoms with Gasteiger partial charge in [0.1, 0.15) is 0 Å². The molecule has 0 aliphatic heterocycles. The third kappa shape index (κ3) is 8.77. The van der Waals surface area contributed by atoms with Gasteiger partial charge in [-0.05, 0) is 47.7 Å². The van der Waals surface area contributed by atoms with Crippen LogP contribution in [0.3, 0.4) is 0 Å². The number of hydrogen-bond acceptors (Lipinski definition) is 9. The third-order valence-electron chi connectivity index (χ3n) is 4.26. The second-order valence-electron chi connectivity index (χ2n) is 6.69. The molecule has 3 aromatic heterocycles. The van der Waals surface area contributed by atoms with Crippen LogP contribution in [0.15, 0.2) is 48.9 Å². The van der Waals surface area contributed by atoms with Crippen LogP contribution in [0.4, 0.5) is 0 Å². The largest absolute Gasteiger partial charge is 0.481 e. The lowest BCUT2D eigenvalue weighted by molar-refractivity contribution is -0.137. The first kappa shape index (κ1) is 31.9. The zero-order valence-electron chi connectivity index (χ0n) is 20.0. The predicted molar refractivity (Wildman–Crippen MR) is 159 cm³/mol. The van der Waals surface area contributed by atoms with Gasteiger partial charge in [-0.2, -0.15) is 0 Å². The van der Waals surface area contributed by atoms with Gasteiger partial charge in [-0.15, -0.1) is 46.6 Å². The van der Waals surface area contributed by atoms with E-state index in [0.717, 1.165) is 59.5 Å². The van der Waals surface area contributed by atoms with Crippen molar-refractivity contribution in [2.45, 2.75) is 19.8 Å². The van der Waals surface area contributed by atoms with E-state index in [2.05, 4.69) is 25.8 Å². The molecule has 0 saturated carbocycles. The molecule has 0 spiro atoms. The summed E-state index contributed by atoms with van der Waals surface area (Å²) in [6.45, 7) is 9.89. The number of thiol groups is 1. The third-order valence-corrected chi connectivity index (χ3v) is 9.61. The van der Waals surface area contributed by atoms with Gasteiger partial charge >= 0.3 is 11.9 Å². The van der Waals surface area contributed by atoms with Crippen LogP contribution in [0.25, 0.3) is 29.3 Å². The molecule has 0 bridgehead atoms. The molecule has 36 heavy (non-hydrogen) atoms. The molecule has 0 atom stereocenters. The van der Waals surface area contributed by atoms with Crippen LogP contribution in [-0.4, -0.2) is 46.6 Å². The van der Waals surface area contributed by atoms with Crippen LogP contribution in [0.5, 0.6) is 0 Å². The molecule has 3 heterocycles. The maximum atomic E-state index is 11.4. The number of rotatable bonds is 10. The summed E-state index contributed by atoms with van der Waals surface area (Å²) in [5, 5.41) is 34.6. The topological polar surface area (TPSA) is 115 Å². The van der Waals surface area contributed by atoms with Crippen molar-refractivity contribution in [3.8, 4) is 19.5 Å². The van der Waals surface area contributed by atoms with Gasteiger partial charge in [-0.25, -0.2) is 0 Å². The fourth-order valence-corrected chi connectivity index (χ4v) is 7.27. The Morgan fingerprint density at radius 1 is 0.889 bits per heavy atom. The van der Waals surface area contributed by atoms with Crippen molar-refractivity contribution in [2.24, 2.45) is 0 Å². The van der Waals surface area contributed by atoms with Gasteiger partial charge in [0.25, 0.3) is 0 Å². The van der Waals surface area contributed by atoms with E-state index in [4.69, 9.17) is 10.2 Å². The van der Waals surface area contributed by atoms with E-state index < -0.39 is 11.9 Å². The molecule has 0 saturated heterocycles. The number of carbonyl (C=O) groups is 2. The van der Waals surface area contributed by atoms with E-state index in [1.807, 2.05) is 42.7 Å². The van der Waals surface area contributed by atoms with E-state index in [1.165, 1.54) is 45.8 Å². The minimum absolute atomic E-state index is 0.0759.